The molecule has 1 fully saturated rings. The van der Waals surface area contributed by atoms with Crippen LogP contribution < -0.4 is 0 Å². The molecule has 2 rings (SSSR count). The van der Waals surface area contributed by atoms with Crippen molar-refractivity contribution in [2.45, 2.75) is 32.4 Å². The van der Waals surface area contributed by atoms with E-state index in [0.717, 1.165) is 26.0 Å². The predicted molar refractivity (Wildman–Crippen MR) is 65.7 cm³/mol. The fraction of sp³-hybridized carbons (Fsp3) is 0.615. The van der Waals surface area contributed by atoms with Crippen LogP contribution in [0.1, 0.15) is 34.7 Å². The first kappa shape index (κ1) is 13.1. The maximum absolute atomic E-state index is 10.9. The number of aryl methyl sites for hydroxylation is 1. The van der Waals surface area contributed by atoms with Gasteiger partial charge in [-0.3, -0.25) is 4.90 Å². The summed E-state index contributed by atoms with van der Waals surface area (Å²) in [5.74, 6) is -0.290. The van der Waals surface area contributed by atoms with Crippen LogP contribution in [-0.2, 0) is 11.3 Å². The summed E-state index contributed by atoms with van der Waals surface area (Å²) >= 11 is 0. The van der Waals surface area contributed by atoms with Crippen molar-refractivity contribution in [3.63, 3.8) is 0 Å². The van der Waals surface area contributed by atoms with Crippen LogP contribution >= 0.6 is 0 Å². The molecule has 0 radical (unpaired) electrons. The number of carboxylic acids is 1. The van der Waals surface area contributed by atoms with Crippen LogP contribution in [0.2, 0.25) is 0 Å². The molecule has 1 atom stereocenters. The summed E-state index contributed by atoms with van der Waals surface area (Å²) in [6.45, 7) is 4.05. The van der Waals surface area contributed by atoms with Gasteiger partial charge in [-0.1, -0.05) is 0 Å². The topological polar surface area (TPSA) is 62.9 Å². The van der Waals surface area contributed by atoms with Crippen molar-refractivity contribution in [1.82, 2.24) is 4.90 Å². The monoisotopic (exact) mass is 253 g/mol. The zero-order valence-electron chi connectivity index (χ0n) is 10.8. The van der Waals surface area contributed by atoms with Gasteiger partial charge >= 0.3 is 5.97 Å². The highest BCUT2D eigenvalue weighted by Gasteiger charge is 2.19. The Hall–Kier alpha value is -1.33. The fourth-order valence-electron chi connectivity index (χ4n) is 2.30. The Balaban J connectivity index is 1.91. The highest BCUT2D eigenvalue weighted by atomic mass is 16.5. The van der Waals surface area contributed by atoms with E-state index in [-0.39, 0.29) is 5.76 Å². The van der Waals surface area contributed by atoms with Crippen LogP contribution in [0.15, 0.2) is 10.5 Å². The molecule has 1 N–H and O–H groups in total. The number of carboxylic acid groups (broad SMARTS) is 1. The molecule has 1 saturated heterocycles. The van der Waals surface area contributed by atoms with Crippen LogP contribution in [0.5, 0.6) is 0 Å². The second kappa shape index (κ2) is 5.54. The minimum atomic E-state index is -1.01. The molecule has 5 nitrogen and oxygen atoms in total. The summed E-state index contributed by atoms with van der Waals surface area (Å²) in [4.78, 5) is 13.0. The molecule has 0 aliphatic carbocycles. The molecule has 0 bridgehead atoms. The SMILES string of the molecule is Cc1cc(CN(C)CC2CCCO2)oc1C(=O)O. The zero-order valence-corrected chi connectivity index (χ0v) is 10.8. The summed E-state index contributed by atoms with van der Waals surface area (Å²) in [6.07, 6.45) is 2.52. The first-order chi connectivity index (χ1) is 8.56. The summed E-state index contributed by atoms with van der Waals surface area (Å²) in [5.41, 5.74) is 0.669. The Bertz CT molecular complexity index is 421. The summed E-state index contributed by atoms with van der Waals surface area (Å²) in [5, 5.41) is 8.92. The minimum absolute atomic E-state index is 0.0375. The molecule has 0 aromatic carbocycles. The lowest BCUT2D eigenvalue weighted by atomic mass is 10.2. The van der Waals surface area contributed by atoms with E-state index in [4.69, 9.17) is 14.3 Å². The van der Waals surface area contributed by atoms with E-state index in [9.17, 15) is 4.79 Å². The lowest BCUT2D eigenvalue weighted by Crippen LogP contribution is -2.28. The number of hydrogen-bond acceptors (Lipinski definition) is 4. The lowest BCUT2D eigenvalue weighted by molar-refractivity contribution is 0.0649. The molecular weight excluding hydrogens is 234 g/mol. The van der Waals surface area contributed by atoms with Gasteiger partial charge in [0.1, 0.15) is 5.76 Å². The molecule has 2 heterocycles. The van der Waals surface area contributed by atoms with E-state index in [1.807, 2.05) is 7.05 Å². The molecule has 0 amide bonds. The van der Waals surface area contributed by atoms with Crippen LogP contribution in [0.3, 0.4) is 0 Å². The third-order valence-corrected chi connectivity index (χ3v) is 3.13. The zero-order chi connectivity index (χ0) is 13.1. The molecule has 1 aliphatic heterocycles. The maximum atomic E-state index is 10.9. The quantitative estimate of drug-likeness (QED) is 0.868. The average molecular weight is 253 g/mol. The van der Waals surface area contributed by atoms with Crippen molar-refractivity contribution >= 4 is 5.97 Å². The van der Waals surface area contributed by atoms with E-state index < -0.39 is 5.97 Å². The van der Waals surface area contributed by atoms with E-state index in [2.05, 4.69) is 4.90 Å². The van der Waals surface area contributed by atoms with Gasteiger partial charge < -0.3 is 14.3 Å². The summed E-state index contributed by atoms with van der Waals surface area (Å²) in [7, 11) is 1.99. The van der Waals surface area contributed by atoms with E-state index in [1.165, 1.54) is 0 Å². The van der Waals surface area contributed by atoms with Crippen molar-refractivity contribution in [2.24, 2.45) is 0 Å². The van der Waals surface area contributed by atoms with E-state index >= 15 is 0 Å². The molecular formula is C13H19NO4. The van der Waals surface area contributed by atoms with Gasteiger partial charge in [0.25, 0.3) is 0 Å². The summed E-state index contributed by atoms with van der Waals surface area (Å²) < 4.78 is 10.9. The molecule has 1 aromatic rings. The van der Waals surface area contributed by atoms with Gasteiger partial charge in [-0.25, -0.2) is 4.79 Å². The van der Waals surface area contributed by atoms with Gasteiger partial charge in [0, 0.05) is 18.7 Å². The number of likely N-dealkylation sites (N-methyl/N-ethyl adjacent to an activating group) is 1. The van der Waals surface area contributed by atoms with Gasteiger partial charge in [0.2, 0.25) is 5.76 Å². The van der Waals surface area contributed by atoms with Crippen molar-refractivity contribution in [3.05, 3.63) is 23.2 Å². The minimum Gasteiger partial charge on any atom is -0.475 e. The summed E-state index contributed by atoms with van der Waals surface area (Å²) in [6, 6.07) is 1.79. The lowest BCUT2D eigenvalue weighted by Gasteiger charge is -2.19. The van der Waals surface area contributed by atoms with Gasteiger partial charge in [0.15, 0.2) is 0 Å². The molecule has 0 spiro atoms. The molecule has 100 valence electrons. The molecule has 1 unspecified atom stereocenters. The van der Waals surface area contributed by atoms with Gasteiger partial charge in [-0.05, 0) is 32.9 Å². The number of nitrogens with zero attached hydrogens (tertiary/aromatic N) is 1. The van der Waals surface area contributed by atoms with Crippen molar-refractivity contribution in [1.29, 1.82) is 0 Å². The number of carbonyl (C=O) groups is 1. The Morgan fingerprint density at radius 1 is 1.61 bits per heavy atom. The number of ether oxygens (including phenoxy) is 1. The van der Waals surface area contributed by atoms with Crippen molar-refractivity contribution in [2.75, 3.05) is 20.2 Å². The predicted octanol–water partition coefficient (Wildman–Crippen LogP) is 1.90. The number of furan rings is 1. The molecule has 5 heteroatoms. The smallest absolute Gasteiger partial charge is 0.372 e. The largest absolute Gasteiger partial charge is 0.475 e. The maximum Gasteiger partial charge on any atom is 0.372 e. The number of rotatable bonds is 5. The third kappa shape index (κ3) is 3.11. The Labute approximate surface area is 106 Å². The highest BCUT2D eigenvalue weighted by molar-refractivity contribution is 5.86. The second-order valence-electron chi connectivity index (χ2n) is 4.86. The van der Waals surface area contributed by atoms with Crippen LogP contribution in [-0.4, -0.2) is 42.3 Å². The normalized spacial score (nSPS) is 19.6. The average Bonchev–Trinajstić information content (AvgIpc) is 2.88. The molecule has 1 aromatic heterocycles. The second-order valence-corrected chi connectivity index (χ2v) is 4.86. The van der Waals surface area contributed by atoms with Crippen LogP contribution in [0.25, 0.3) is 0 Å². The Morgan fingerprint density at radius 2 is 2.39 bits per heavy atom. The number of hydrogen-bond donors (Lipinski definition) is 1. The highest BCUT2D eigenvalue weighted by Crippen LogP contribution is 2.18. The first-order valence-electron chi connectivity index (χ1n) is 6.19. The standard InChI is InChI=1S/C13H19NO4/c1-9-6-11(18-12(9)13(15)16)8-14(2)7-10-4-3-5-17-10/h6,10H,3-5,7-8H2,1-2H3,(H,15,16). The Kier molecular flexibility index (Phi) is 4.04. The number of aromatic carboxylic acids is 1. The first-order valence-corrected chi connectivity index (χ1v) is 6.19. The van der Waals surface area contributed by atoms with Crippen LogP contribution in [0.4, 0.5) is 0 Å². The van der Waals surface area contributed by atoms with Gasteiger partial charge in [-0.2, -0.15) is 0 Å². The van der Waals surface area contributed by atoms with Gasteiger partial charge in [0.05, 0.1) is 12.6 Å². The van der Waals surface area contributed by atoms with E-state index in [0.29, 0.717) is 24.0 Å². The van der Waals surface area contributed by atoms with Crippen LogP contribution in [0, 0.1) is 6.92 Å². The Morgan fingerprint density at radius 3 is 2.94 bits per heavy atom. The van der Waals surface area contributed by atoms with Crippen molar-refractivity contribution < 1.29 is 19.1 Å². The van der Waals surface area contributed by atoms with Crippen molar-refractivity contribution in [3.8, 4) is 0 Å². The van der Waals surface area contributed by atoms with Gasteiger partial charge in [-0.15, -0.1) is 0 Å². The fourth-order valence-corrected chi connectivity index (χ4v) is 2.30. The molecule has 0 saturated carbocycles. The third-order valence-electron chi connectivity index (χ3n) is 3.13. The van der Waals surface area contributed by atoms with E-state index in [1.54, 1.807) is 13.0 Å². The molecule has 1 aliphatic rings. The molecule has 18 heavy (non-hydrogen) atoms.